The summed E-state index contributed by atoms with van der Waals surface area (Å²) in [6.07, 6.45) is 37.1. The molecule has 0 radical (unpaired) electrons. The molecule has 0 saturated heterocycles. The summed E-state index contributed by atoms with van der Waals surface area (Å²) in [5.74, 6) is 12.4. The number of aliphatic hydroxyl groups is 5. The number of benzene rings is 3. The van der Waals surface area contributed by atoms with E-state index in [1.807, 2.05) is 42.5 Å². The van der Waals surface area contributed by atoms with Gasteiger partial charge >= 0.3 is 23.1 Å². The minimum atomic E-state index is -0.401. The number of fused-ring (bicyclic) bond motifs is 15. The van der Waals surface area contributed by atoms with Crippen LogP contribution >= 0.6 is 0 Å². The molecule has 0 aromatic heterocycles. The summed E-state index contributed by atoms with van der Waals surface area (Å²) >= 11 is 0. The van der Waals surface area contributed by atoms with E-state index in [2.05, 4.69) is 138 Å². The predicted molar refractivity (Wildman–Crippen MR) is 399 cm³/mol. The first-order valence-electron chi connectivity index (χ1n) is 40.7. The van der Waals surface area contributed by atoms with E-state index in [1.165, 1.54) is 141 Å². The topological polar surface area (TPSA) is 118 Å². The number of rotatable bonds is 11. The van der Waals surface area contributed by atoms with Crippen LogP contribution in [0, 0.1) is 145 Å². The van der Waals surface area contributed by atoms with E-state index in [4.69, 9.17) is 0 Å². The van der Waals surface area contributed by atoms with Gasteiger partial charge < -0.3 is 47.3 Å². The van der Waals surface area contributed by atoms with Crippen molar-refractivity contribution in [2.75, 3.05) is 0 Å². The molecular formula is C90H137BrMgO6. The molecule has 0 spiro atoms. The van der Waals surface area contributed by atoms with E-state index in [1.54, 1.807) is 0 Å². The summed E-state index contributed by atoms with van der Waals surface area (Å²) in [4.78, 5) is 11.5. The van der Waals surface area contributed by atoms with Crippen molar-refractivity contribution in [1.82, 2.24) is 0 Å². The fourth-order valence-corrected chi connectivity index (χ4v) is 28.4. The van der Waals surface area contributed by atoms with E-state index >= 15 is 0 Å². The first-order chi connectivity index (χ1) is 45.7. The van der Waals surface area contributed by atoms with Gasteiger partial charge in [0.1, 0.15) is 6.29 Å². The smallest absolute Gasteiger partial charge is 1.00 e. The Morgan fingerprint density at radius 1 is 0.398 bits per heavy atom. The van der Waals surface area contributed by atoms with Crippen LogP contribution in [0.2, 0.25) is 0 Å². The van der Waals surface area contributed by atoms with Crippen LogP contribution in [0.4, 0.5) is 0 Å². The Labute approximate surface area is 624 Å². The van der Waals surface area contributed by atoms with E-state index in [0.29, 0.717) is 73.9 Å². The molecule has 0 unspecified atom stereocenters. The van der Waals surface area contributed by atoms with Crippen LogP contribution in [0.25, 0.3) is 0 Å². The second kappa shape index (κ2) is 31.1. The van der Waals surface area contributed by atoms with Gasteiger partial charge in [-0.2, -0.15) is 36.4 Å². The molecule has 15 rings (SSSR count). The zero-order valence-corrected chi connectivity index (χ0v) is 66.7. The van der Waals surface area contributed by atoms with Crippen molar-refractivity contribution >= 4 is 29.3 Å². The molecule has 29 atom stereocenters. The van der Waals surface area contributed by atoms with Crippen molar-refractivity contribution in [2.24, 2.45) is 139 Å². The average Bonchev–Trinajstić information content (AvgIpc) is 1.40. The van der Waals surface area contributed by atoms with Crippen LogP contribution in [-0.2, 0) is 4.79 Å². The maximum Gasteiger partial charge on any atom is 2.00 e. The Morgan fingerprint density at radius 3 is 0.980 bits per heavy atom. The number of hydrogen-bond donors (Lipinski definition) is 5. The standard InChI is InChI=1S/2C30H46O2.C24H40O2.C6H5.BrH.Mg/c2*1-5-30(32)18-17-28(3)22(19-30)11-12-23-25-14-13-24(29(25,4)16-15-26(23)28)20(2)27(31)21-9-7-6-8-10-21;1-5-24(26)13-12-22(3)17(14-24)6-7-18-20-9-8-19(16(2)15-25)23(20,4)11-10-21(18)22;1-2-4-6-5-3-1;;/h2*6-10,20,22-27,31-32H,5,11-19H2,1-4H3;15-21,26H,5-14H2,1-4H3;1-5H;1H;/q;;;-1;;+2/p-1/t20-,22-,23-,24+,25-,26-,27+,28-,29+,30-;20-,22-,23-,24+,25-,26-,27-,28-,29+,30-;16-,17+,18+,19-,20+,21+,22+,23-,24+;;;/m001.../s1. The number of carbonyl (C=O) groups is 1. The van der Waals surface area contributed by atoms with Crippen LogP contribution in [-0.4, -0.2) is 71.7 Å². The molecule has 8 heteroatoms. The molecule has 0 aliphatic heterocycles. The first-order valence-corrected chi connectivity index (χ1v) is 40.7. The summed E-state index contributed by atoms with van der Waals surface area (Å²) in [5.41, 5.74) is 3.41. The molecule has 0 heterocycles. The van der Waals surface area contributed by atoms with Gasteiger partial charge in [-0.3, -0.25) is 0 Å². The van der Waals surface area contributed by atoms with Crippen molar-refractivity contribution in [2.45, 2.75) is 305 Å². The Morgan fingerprint density at radius 2 is 0.694 bits per heavy atom. The number of carbonyl (C=O) groups excluding carboxylic acids is 1. The van der Waals surface area contributed by atoms with Crippen LogP contribution in [0.3, 0.4) is 0 Å². The summed E-state index contributed by atoms with van der Waals surface area (Å²) in [6, 6.07) is 33.2. The number of aldehydes is 1. The van der Waals surface area contributed by atoms with Gasteiger partial charge in [0.25, 0.3) is 0 Å². The molecule has 6 nitrogen and oxygen atoms in total. The van der Waals surface area contributed by atoms with E-state index in [0.717, 1.165) is 128 Å². The van der Waals surface area contributed by atoms with Gasteiger partial charge in [-0.1, -0.05) is 144 Å². The molecule has 3 aromatic rings. The fraction of sp³-hybridized carbons (Fsp3) is 0.789. The predicted octanol–water partition coefficient (Wildman–Crippen LogP) is 18.0. The van der Waals surface area contributed by atoms with E-state index < -0.39 is 16.8 Å². The minimum Gasteiger partial charge on any atom is -1.00 e. The quantitative estimate of drug-likeness (QED) is 0.0742. The first kappa shape index (κ1) is 79.0. The molecule has 0 bridgehead atoms. The van der Waals surface area contributed by atoms with Gasteiger partial charge in [-0.25, -0.2) is 0 Å². The largest absolute Gasteiger partial charge is 2.00 e. The molecule has 12 aliphatic carbocycles. The summed E-state index contributed by atoms with van der Waals surface area (Å²) < 4.78 is 0. The second-order valence-electron chi connectivity index (χ2n) is 38.0. The molecule has 3 aromatic carbocycles. The molecule has 542 valence electrons. The Balaban J connectivity index is 0.000000152. The van der Waals surface area contributed by atoms with Gasteiger partial charge in [0.15, 0.2) is 0 Å². The van der Waals surface area contributed by atoms with Crippen LogP contribution < -0.4 is 17.0 Å². The van der Waals surface area contributed by atoms with Crippen molar-refractivity contribution in [3.8, 4) is 0 Å². The number of aliphatic hydroxyl groups excluding tert-OH is 2. The second-order valence-corrected chi connectivity index (χ2v) is 38.0. The Kier molecular flexibility index (Phi) is 25.0. The molecule has 98 heavy (non-hydrogen) atoms. The zero-order chi connectivity index (χ0) is 68.4. The molecule has 12 fully saturated rings. The van der Waals surface area contributed by atoms with Gasteiger partial charge in [0, 0.05) is 5.92 Å². The third-order valence-corrected chi connectivity index (χ3v) is 34.7. The SMILES string of the molecule is CC[C@]1(O)CC[C@@]2(C)[C@@H](CC[C@@H]3[C@@H]2CC[C@]2(C)[C@@H]([C@H](C)C=O)CC[C@@H]32)C1.CC[C@]1(O)CC[C@@]2(C)[C@@H](CC[C@@H]3[C@@H]2CC[C@]2(C)[C@@H]([C@H](C)[C@@H](O)c4ccccc4)CC[C@@H]32)C1.CC[C@]1(O)CC[C@@]2(C)[C@@H](CC[C@@H]3[C@@H]2CC[C@]2(C)[C@@H]([C@H](C)[C@H](O)c4ccccc4)CC[C@@H]32)C1.[Br-].[Mg+2].[c-]1ccccc1. The molecule has 5 N–H and O–H groups in total. The van der Waals surface area contributed by atoms with Gasteiger partial charge in [0.05, 0.1) is 29.0 Å². The summed E-state index contributed by atoms with van der Waals surface area (Å²) in [6.45, 7) is 28.8. The van der Waals surface area contributed by atoms with E-state index in [9.17, 15) is 30.3 Å². The zero-order valence-electron chi connectivity index (χ0n) is 63.7. The maximum absolute atomic E-state index is 11.5. The number of halogens is 1. The molecular weight excluding hydrogens is 1280 g/mol. The fourth-order valence-electron chi connectivity index (χ4n) is 28.4. The third kappa shape index (κ3) is 14.4. The van der Waals surface area contributed by atoms with Gasteiger partial charge in [-0.15, -0.1) is 0 Å². The van der Waals surface area contributed by atoms with Crippen molar-refractivity contribution in [3.63, 3.8) is 0 Å². The van der Waals surface area contributed by atoms with Crippen molar-refractivity contribution < 1.29 is 47.3 Å². The van der Waals surface area contributed by atoms with Crippen LogP contribution in [0.15, 0.2) is 91.0 Å². The van der Waals surface area contributed by atoms with Crippen molar-refractivity contribution in [1.29, 1.82) is 0 Å². The van der Waals surface area contributed by atoms with Crippen LogP contribution in [0.5, 0.6) is 0 Å². The number of hydrogen-bond acceptors (Lipinski definition) is 6. The average molecular weight is 1420 g/mol. The van der Waals surface area contributed by atoms with Gasteiger partial charge in [-0.05, 0) is 337 Å². The summed E-state index contributed by atoms with van der Waals surface area (Å²) in [7, 11) is 0. The van der Waals surface area contributed by atoms with Gasteiger partial charge in [0.2, 0.25) is 0 Å². The normalized spacial score (nSPS) is 46.2. The summed E-state index contributed by atoms with van der Waals surface area (Å²) in [5, 5.41) is 55.4. The van der Waals surface area contributed by atoms with E-state index in [-0.39, 0.29) is 58.2 Å². The molecule has 12 aliphatic rings. The maximum atomic E-state index is 11.5. The Hall–Kier alpha value is -1.62. The van der Waals surface area contributed by atoms with Crippen LogP contribution in [0.1, 0.15) is 299 Å². The third-order valence-electron chi connectivity index (χ3n) is 34.7. The van der Waals surface area contributed by atoms with Crippen molar-refractivity contribution in [3.05, 3.63) is 108 Å². The Bertz CT molecular complexity index is 2860. The monoisotopic (exact) mass is 1420 g/mol. The molecule has 12 saturated carbocycles. The minimum absolute atomic E-state index is 0. The molecule has 0 amide bonds.